The van der Waals surface area contributed by atoms with Crippen molar-refractivity contribution in [2.45, 2.75) is 44.5 Å². The molecule has 0 fully saturated rings. The summed E-state index contributed by atoms with van der Waals surface area (Å²) in [5, 5.41) is 17.5. The first-order valence-corrected chi connectivity index (χ1v) is 6.86. The highest BCUT2D eigenvalue weighted by atomic mass is 32.2. The summed E-state index contributed by atoms with van der Waals surface area (Å²) in [6, 6.07) is 0. The number of aryl methyl sites for hydroxylation is 1. The average Bonchev–Trinajstić information content (AvgIpc) is 2.70. The molecule has 0 aromatic carbocycles. The number of carboxylic acid groups (broad SMARTS) is 1. The first kappa shape index (κ1) is 15.0. The molecule has 18 heavy (non-hydrogen) atoms. The molecule has 0 spiro atoms. The quantitative estimate of drug-likeness (QED) is 0.722. The summed E-state index contributed by atoms with van der Waals surface area (Å²) in [7, 11) is 1.65. The first-order chi connectivity index (χ1) is 8.58. The molecule has 1 N–H and O–H groups in total. The van der Waals surface area contributed by atoms with Crippen LogP contribution in [-0.2, 0) is 22.5 Å². The second-order valence-corrected chi connectivity index (χ2v) is 4.93. The van der Waals surface area contributed by atoms with Gasteiger partial charge >= 0.3 is 5.97 Å². The third kappa shape index (κ3) is 4.30. The lowest BCUT2D eigenvalue weighted by Crippen LogP contribution is -2.18. The normalized spacial score (nSPS) is 12.6. The van der Waals surface area contributed by atoms with Gasteiger partial charge in [0, 0.05) is 13.5 Å². The molecule has 0 aliphatic carbocycles. The highest BCUT2D eigenvalue weighted by Gasteiger charge is 2.15. The molecule has 0 saturated carbocycles. The van der Waals surface area contributed by atoms with E-state index in [2.05, 4.69) is 17.1 Å². The zero-order valence-electron chi connectivity index (χ0n) is 10.9. The number of hydrogen-bond donors (Lipinski definition) is 1. The van der Waals surface area contributed by atoms with Crippen LogP contribution in [0.2, 0.25) is 0 Å². The SMILES string of the molecule is CCCc1nnc(SCC(=O)O)n1CC(C)OC. The number of nitrogens with zero attached hydrogens (tertiary/aromatic N) is 3. The minimum atomic E-state index is -0.855. The van der Waals surface area contributed by atoms with Gasteiger partial charge in [-0.2, -0.15) is 0 Å². The largest absolute Gasteiger partial charge is 0.481 e. The molecule has 102 valence electrons. The van der Waals surface area contributed by atoms with Crippen LogP contribution in [0.3, 0.4) is 0 Å². The lowest BCUT2D eigenvalue weighted by molar-refractivity contribution is -0.133. The molecule has 0 amide bonds. The Balaban J connectivity index is 2.84. The molecule has 0 radical (unpaired) electrons. The fourth-order valence-electron chi connectivity index (χ4n) is 1.48. The van der Waals surface area contributed by atoms with Crippen molar-refractivity contribution in [1.29, 1.82) is 0 Å². The van der Waals surface area contributed by atoms with E-state index in [9.17, 15) is 4.79 Å². The smallest absolute Gasteiger partial charge is 0.313 e. The van der Waals surface area contributed by atoms with Gasteiger partial charge in [-0.25, -0.2) is 0 Å². The molecule has 1 rings (SSSR count). The van der Waals surface area contributed by atoms with Gasteiger partial charge in [-0.1, -0.05) is 18.7 Å². The van der Waals surface area contributed by atoms with E-state index in [1.54, 1.807) is 7.11 Å². The zero-order chi connectivity index (χ0) is 13.5. The number of hydrogen-bond acceptors (Lipinski definition) is 5. The van der Waals surface area contributed by atoms with E-state index in [-0.39, 0.29) is 11.9 Å². The molecule has 7 heteroatoms. The summed E-state index contributed by atoms with van der Waals surface area (Å²) in [4.78, 5) is 10.6. The molecule has 1 aromatic rings. The van der Waals surface area contributed by atoms with Crippen LogP contribution in [0.15, 0.2) is 5.16 Å². The second-order valence-electron chi connectivity index (χ2n) is 3.99. The van der Waals surface area contributed by atoms with Crippen LogP contribution >= 0.6 is 11.8 Å². The van der Waals surface area contributed by atoms with E-state index in [0.717, 1.165) is 18.7 Å². The third-order valence-electron chi connectivity index (χ3n) is 2.43. The number of aliphatic carboxylic acids is 1. The van der Waals surface area contributed by atoms with Gasteiger partial charge in [0.15, 0.2) is 5.16 Å². The predicted octanol–water partition coefficient (Wildman–Crippen LogP) is 1.44. The fourth-order valence-corrected chi connectivity index (χ4v) is 2.16. The summed E-state index contributed by atoms with van der Waals surface area (Å²) < 4.78 is 7.18. The van der Waals surface area contributed by atoms with E-state index in [1.807, 2.05) is 11.5 Å². The van der Waals surface area contributed by atoms with Crippen molar-refractivity contribution in [1.82, 2.24) is 14.8 Å². The third-order valence-corrected chi connectivity index (χ3v) is 3.39. The molecule has 1 heterocycles. The number of aromatic nitrogens is 3. The van der Waals surface area contributed by atoms with E-state index < -0.39 is 5.97 Å². The Bertz CT molecular complexity index is 395. The summed E-state index contributed by atoms with van der Waals surface area (Å²) in [6.45, 7) is 4.67. The highest BCUT2D eigenvalue weighted by Crippen LogP contribution is 2.18. The van der Waals surface area contributed by atoms with Crippen molar-refractivity contribution in [2.24, 2.45) is 0 Å². The molecule has 1 atom stereocenters. The minimum Gasteiger partial charge on any atom is -0.481 e. The molecule has 1 unspecified atom stereocenters. The fraction of sp³-hybridized carbons (Fsp3) is 0.727. The standard InChI is InChI=1S/C11H19N3O3S/c1-4-5-9-12-13-11(18-7-10(15)16)14(9)6-8(2)17-3/h8H,4-7H2,1-3H3,(H,15,16). The van der Waals surface area contributed by atoms with Gasteiger partial charge in [0.2, 0.25) is 0 Å². The lowest BCUT2D eigenvalue weighted by atomic mass is 10.3. The summed E-state index contributed by atoms with van der Waals surface area (Å²) in [6.07, 6.45) is 1.85. The van der Waals surface area contributed by atoms with Gasteiger partial charge in [0.05, 0.1) is 18.4 Å². The van der Waals surface area contributed by atoms with Crippen molar-refractivity contribution in [2.75, 3.05) is 12.9 Å². The molecule has 0 aliphatic heterocycles. The number of ether oxygens (including phenoxy) is 1. The molecule has 1 aromatic heterocycles. The van der Waals surface area contributed by atoms with Crippen LogP contribution in [0.5, 0.6) is 0 Å². The Morgan fingerprint density at radius 3 is 2.83 bits per heavy atom. The highest BCUT2D eigenvalue weighted by molar-refractivity contribution is 7.99. The second kappa shape index (κ2) is 7.38. The van der Waals surface area contributed by atoms with Gasteiger partial charge in [-0.15, -0.1) is 10.2 Å². The van der Waals surface area contributed by atoms with Gasteiger partial charge in [0.1, 0.15) is 5.82 Å². The minimum absolute atomic E-state index is 0.00831. The molecular weight excluding hydrogens is 254 g/mol. The average molecular weight is 273 g/mol. The number of carbonyl (C=O) groups is 1. The van der Waals surface area contributed by atoms with Crippen LogP contribution in [0, 0.1) is 0 Å². The zero-order valence-corrected chi connectivity index (χ0v) is 11.7. The number of rotatable bonds is 8. The number of thioether (sulfide) groups is 1. The van der Waals surface area contributed by atoms with Gasteiger partial charge in [0.25, 0.3) is 0 Å². The van der Waals surface area contributed by atoms with Crippen molar-refractivity contribution < 1.29 is 14.6 Å². The lowest BCUT2D eigenvalue weighted by Gasteiger charge is -2.14. The van der Waals surface area contributed by atoms with Gasteiger partial charge in [-0.05, 0) is 13.3 Å². The van der Waals surface area contributed by atoms with Crippen molar-refractivity contribution in [3.63, 3.8) is 0 Å². The van der Waals surface area contributed by atoms with E-state index in [0.29, 0.717) is 11.7 Å². The van der Waals surface area contributed by atoms with E-state index in [4.69, 9.17) is 9.84 Å². The van der Waals surface area contributed by atoms with E-state index in [1.165, 1.54) is 11.8 Å². The Kier molecular flexibility index (Phi) is 6.14. The topological polar surface area (TPSA) is 77.2 Å². The van der Waals surface area contributed by atoms with Crippen molar-refractivity contribution >= 4 is 17.7 Å². The molecule has 0 bridgehead atoms. The van der Waals surface area contributed by atoms with Crippen molar-refractivity contribution in [3.8, 4) is 0 Å². The number of methoxy groups -OCH3 is 1. The number of carboxylic acids is 1. The van der Waals surface area contributed by atoms with Gasteiger partial charge < -0.3 is 14.4 Å². The summed E-state index contributed by atoms with van der Waals surface area (Å²) >= 11 is 1.19. The molecule has 0 saturated heterocycles. The monoisotopic (exact) mass is 273 g/mol. The summed E-state index contributed by atoms with van der Waals surface area (Å²) in [5.41, 5.74) is 0. The Hall–Kier alpha value is -1.08. The Morgan fingerprint density at radius 1 is 1.56 bits per heavy atom. The predicted molar refractivity (Wildman–Crippen MR) is 68.8 cm³/mol. The molecular formula is C11H19N3O3S. The Morgan fingerprint density at radius 2 is 2.28 bits per heavy atom. The maximum Gasteiger partial charge on any atom is 0.313 e. The van der Waals surface area contributed by atoms with Crippen LogP contribution in [0.25, 0.3) is 0 Å². The maximum atomic E-state index is 10.6. The van der Waals surface area contributed by atoms with Crippen LogP contribution in [-0.4, -0.2) is 44.8 Å². The first-order valence-electron chi connectivity index (χ1n) is 5.87. The summed E-state index contributed by atoms with van der Waals surface area (Å²) in [5.74, 6) is 0.0201. The van der Waals surface area contributed by atoms with Crippen LogP contribution < -0.4 is 0 Å². The van der Waals surface area contributed by atoms with Crippen LogP contribution in [0.4, 0.5) is 0 Å². The molecule has 6 nitrogen and oxygen atoms in total. The Labute approximate surface area is 111 Å². The van der Waals surface area contributed by atoms with Gasteiger partial charge in [-0.3, -0.25) is 4.79 Å². The van der Waals surface area contributed by atoms with Crippen LogP contribution in [0.1, 0.15) is 26.1 Å². The molecule has 0 aliphatic rings. The van der Waals surface area contributed by atoms with Crippen molar-refractivity contribution in [3.05, 3.63) is 5.82 Å². The maximum absolute atomic E-state index is 10.6. The van der Waals surface area contributed by atoms with E-state index >= 15 is 0 Å².